The molecular formula is C8H11N2O2. The fourth-order valence-corrected chi connectivity index (χ4v) is 1.92. The Balaban J connectivity index is 2.18. The largest absolute Gasteiger partial charge is 0.296 e. The third-order valence-electron chi connectivity index (χ3n) is 2.73. The van der Waals surface area contributed by atoms with Gasteiger partial charge in [0.15, 0.2) is 0 Å². The minimum absolute atomic E-state index is 0.0811. The summed E-state index contributed by atoms with van der Waals surface area (Å²) in [4.78, 5) is 22.4. The van der Waals surface area contributed by atoms with Gasteiger partial charge in [0, 0.05) is 19.5 Å². The van der Waals surface area contributed by atoms with E-state index in [-0.39, 0.29) is 11.8 Å². The van der Waals surface area contributed by atoms with E-state index in [2.05, 4.69) is 10.6 Å². The van der Waals surface area contributed by atoms with Crippen LogP contribution in [0, 0.1) is 5.41 Å². The van der Waals surface area contributed by atoms with Gasteiger partial charge in [0.05, 0.1) is 5.41 Å². The molecule has 0 aromatic rings. The Kier molecular flexibility index (Phi) is 1.65. The standard InChI is InChI=1S/C8H11N2O2/c11-6-5-8(7(12)10-6)1-3-9-4-2-8/h1-5H2,(H,10,11,12). The summed E-state index contributed by atoms with van der Waals surface area (Å²) in [5.41, 5.74) is -0.390. The number of nitrogens with one attached hydrogen (secondary N) is 1. The quantitative estimate of drug-likeness (QED) is 0.490. The van der Waals surface area contributed by atoms with Crippen LogP contribution in [0.15, 0.2) is 0 Å². The van der Waals surface area contributed by atoms with Crippen molar-refractivity contribution in [1.82, 2.24) is 10.6 Å². The fourth-order valence-electron chi connectivity index (χ4n) is 1.92. The van der Waals surface area contributed by atoms with Gasteiger partial charge in [-0.3, -0.25) is 14.9 Å². The van der Waals surface area contributed by atoms with Crippen molar-refractivity contribution in [3.05, 3.63) is 0 Å². The monoisotopic (exact) mass is 167 g/mol. The lowest BCUT2D eigenvalue weighted by atomic mass is 9.78. The molecule has 0 aromatic heterocycles. The van der Waals surface area contributed by atoms with Gasteiger partial charge in [-0.25, -0.2) is 5.32 Å². The molecule has 2 rings (SSSR count). The zero-order valence-electron chi connectivity index (χ0n) is 6.80. The smallest absolute Gasteiger partial charge is 0.233 e. The van der Waals surface area contributed by atoms with Crippen molar-refractivity contribution in [3.8, 4) is 0 Å². The Morgan fingerprint density at radius 2 is 1.92 bits per heavy atom. The maximum absolute atomic E-state index is 11.4. The molecule has 2 aliphatic rings. The second-order valence-corrected chi connectivity index (χ2v) is 3.51. The highest BCUT2D eigenvalue weighted by molar-refractivity contribution is 6.05. The Morgan fingerprint density at radius 1 is 1.25 bits per heavy atom. The van der Waals surface area contributed by atoms with Gasteiger partial charge in [-0.1, -0.05) is 0 Å². The van der Waals surface area contributed by atoms with Gasteiger partial charge in [-0.15, -0.1) is 0 Å². The summed E-state index contributed by atoms with van der Waals surface area (Å²) in [7, 11) is 0. The molecule has 65 valence electrons. The Bertz CT molecular complexity index is 231. The molecule has 1 N–H and O–H groups in total. The van der Waals surface area contributed by atoms with Gasteiger partial charge < -0.3 is 0 Å². The van der Waals surface area contributed by atoms with Crippen LogP contribution in [0.3, 0.4) is 0 Å². The molecular weight excluding hydrogens is 156 g/mol. The van der Waals surface area contributed by atoms with Crippen molar-refractivity contribution in [2.75, 3.05) is 13.1 Å². The molecule has 0 aromatic carbocycles. The van der Waals surface area contributed by atoms with Gasteiger partial charge in [0.25, 0.3) is 0 Å². The summed E-state index contributed by atoms with van der Waals surface area (Å²) in [5, 5.41) is 6.52. The van der Waals surface area contributed by atoms with Crippen LogP contribution < -0.4 is 10.6 Å². The molecule has 1 radical (unpaired) electrons. The summed E-state index contributed by atoms with van der Waals surface area (Å²) >= 11 is 0. The molecule has 2 saturated heterocycles. The van der Waals surface area contributed by atoms with Crippen LogP contribution in [0.2, 0.25) is 0 Å². The number of amides is 2. The SMILES string of the molecule is O=C1CC2(CC[N]CC2)C(=O)N1. The van der Waals surface area contributed by atoms with Crippen molar-refractivity contribution in [2.45, 2.75) is 19.3 Å². The van der Waals surface area contributed by atoms with Gasteiger partial charge in [0.1, 0.15) is 0 Å². The second kappa shape index (κ2) is 2.55. The molecule has 4 heteroatoms. The van der Waals surface area contributed by atoms with Crippen LogP contribution in [0.4, 0.5) is 0 Å². The first-order valence-electron chi connectivity index (χ1n) is 4.20. The number of carbonyl (C=O) groups is 2. The lowest BCUT2D eigenvalue weighted by molar-refractivity contribution is -0.129. The highest BCUT2D eigenvalue weighted by Crippen LogP contribution is 2.36. The first kappa shape index (κ1) is 7.73. The molecule has 4 nitrogen and oxygen atoms in total. The lowest BCUT2D eigenvalue weighted by Gasteiger charge is -2.28. The van der Waals surface area contributed by atoms with E-state index in [4.69, 9.17) is 0 Å². The third kappa shape index (κ3) is 1.03. The second-order valence-electron chi connectivity index (χ2n) is 3.51. The van der Waals surface area contributed by atoms with Crippen LogP contribution >= 0.6 is 0 Å². The molecule has 0 atom stereocenters. The predicted molar refractivity (Wildman–Crippen MR) is 41.3 cm³/mol. The molecule has 2 heterocycles. The van der Waals surface area contributed by atoms with Crippen molar-refractivity contribution >= 4 is 11.8 Å². The van der Waals surface area contributed by atoms with Crippen molar-refractivity contribution in [2.24, 2.45) is 5.41 Å². The van der Waals surface area contributed by atoms with Gasteiger partial charge >= 0.3 is 0 Å². The maximum Gasteiger partial charge on any atom is 0.233 e. The van der Waals surface area contributed by atoms with E-state index >= 15 is 0 Å². The van der Waals surface area contributed by atoms with Crippen molar-refractivity contribution in [3.63, 3.8) is 0 Å². The molecule has 0 aliphatic carbocycles. The van der Waals surface area contributed by atoms with E-state index in [1.54, 1.807) is 0 Å². The lowest BCUT2D eigenvalue weighted by Crippen LogP contribution is -2.39. The number of carbonyl (C=O) groups excluding carboxylic acids is 2. The first-order valence-corrected chi connectivity index (χ1v) is 4.20. The van der Waals surface area contributed by atoms with E-state index in [1.165, 1.54) is 0 Å². The molecule has 0 unspecified atom stereocenters. The number of piperidine rings is 1. The van der Waals surface area contributed by atoms with Crippen LogP contribution in [0.5, 0.6) is 0 Å². The number of hydrogen-bond donors (Lipinski definition) is 1. The van der Waals surface area contributed by atoms with Crippen LogP contribution in [-0.4, -0.2) is 24.9 Å². The minimum atomic E-state index is -0.390. The molecule has 12 heavy (non-hydrogen) atoms. The van der Waals surface area contributed by atoms with Crippen molar-refractivity contribution in [1.29, 1.82) is 0 Å². The topological polar surface area (TPSA) is 60.3 Å². The van der Waals surface area contributed by atoms with E-state index in [0.29, 0.717) is 6.42 Å². The first-order chi connectivity index (χ1) is 5.73. The van der Waals surface area contributed by atoms with E-state index in [9.17, 15) is 9.59 Å². The molecule has 0 saturated carbocycles. The van der Waals surface area contributed by atoms with Gasteiger partial charge in [0.2, 0.25) is 11.8 Å². The normalized spacial score (nSPS) is 27.7. The summed E-state index contributed by atoms with van der Waals surface area (Å²) in [6.07, 6.45) is 1.86. The summed E-state index contributed by atoms with van der Waals surface area (Å²) in [6, 6.07) is 0. The number of rotatable bonds is 0. The zero-order valence-corrected chi connectivity index (χ0v) is 6.80. The minimum Gasteiger partial charge on any atom is -0.296 e. The van der Waals surface area contributed by atoms with E-state index in [0.717, 1.165) is 25.9 Å². The number of hydrogen-bond acceptors (Lipinski definition) is 2. The predicted octanol–water partition coefficient (Wildman–Crippen LogP) is -0.583. The third-order valence-corrected chi connectivity index (χ3v) is 2.73. The number of imide groups is 1. The molecule has 1 spiro atoms. The molecule has 2 amide bonds. The zero-order chi connectivity index (χ0) is 8.60. The average Bonchev–Trinajstić information content (AvgIpc) is 2.29. The fraction of sp³-hybridized carbons (Fsp3) is 0.750. The van der Waals surface area contributed by atoms with E-state index in [1.807, 2.05) is 0 Å². The number of nitrogens with zero attached hydrogens (tertiary/aromatic N) is 1. The van der Waals surface area contributed by atoms with Crippen LogP contribution in [-0.2, 0) is 9.59 Å². The van der Waals surface area contributed by atoms with Crippen LogP contribution in [0.25, 0.3) is 0 Å². The Morgan fingerprint density at radius 3 is 2.42 bits per heavy atom. The van der Waals surface area contributed by atoms with Crippen LogP contribution in [0.1, 0.15) is 19.3 Å². The summed E-state index contributed by atoms with van der Waals surface area (Å²) in [6.45, 7) is 1.45. The summed E-state index contributed by atoms with van der Waals surface area (Å²) in [5.74, 6) is -0.204. The van der Waals surface area contributed by atoms with Gasteiger partial charge in [-0.05, 0) is 12.8 Å². The Hall–Kier alpha value is -0.900. The molecule has 2 fully saturated rings. The average molecular weight is 167 g/mol. The Labute approximate surface area is 70.7 Å². The van der Waals surface area contributed by atoms with Crippen molar-refractivity contribution < 1.29 is 9.59 Å². The highest BCUT2D eigenvalue weighted by Gasteiger charge is 2.46. The summed E-state index contributed by atoms with van der Waals surface area (Å²) < 4.78 is 0. The van der Waals surface area contributed by atoms with E-state index < -0.39 is 5.41 Å². The molecule has 0 bridgehead atoms. The maximum atomic E-state index is 11.4. The van der Waals surface area contributed by atoms with Gasteiger partial charge in [-0.2, -0.15) is 0 Å². The molecule has 2 aliphatic heterocycles. The highest BCUT2D eigenvalue weighted by atomic mass is 16.2.